The number of hydrogen-bond donors (Lipinski definition) is 0. The van der Waals surface area contributed by atoms with Crippen LogP contribution in [0.1, 0.15) is 13.8 Å². The van der Waals surface area contributed by atoms with Crippen LogP contribution in [0.4, 0.5) is 5.69 Å². The molecule has 1 aromatic carbocycles. The van der Waals surface area contributed by atoms with Gasteiger partial charge in [-0.15, -0.1) is 0 Å². The van der Waals surface area contributed by atoms with Gasteiger partial charge in [-0.1, -0.05) is 17.7 Å². The molecular weight excluding hydrogens is 320 g/mol. The average Bonchev–Trinajstić information content (AvgIpc) is 2.40. The molecule has 1 aromatic rings. The minimum atomic E-state index is -4.07. The first-order chi connectivity index (χ1) is 9.75. The van der Waals surface area contributed by atoms with E-state index in [4.69, 9.17) is 16.3 Å². The Hall–Kier alpha value is -1.22. The summed E-state index contributed by atoms with van der Waals surface area (Å²) in [4.78, 5) is 9.89. The second-order valence-corrected chi connectivity index (χ2v) is 7.15. The maximum atomic E-state index is 12.8. The number of nitro groups is 1. The van der Waals surface area contributed by atoms with Crippen LogP contribution in [0.5, 0.6) is 0 Å². The molecule has 21 heavy (non-hydrogen) atoms. The van der Waals surface area contributed by atoms with Crippen LogP contribution in [0.15, 0.2) is 23.1 Å². The largest absolute Gasteiger partial charge is 0.375 e. The smallest absolute Gasteiger partial charge is 0.290 e. The maximum absolute atomic E-state index is 12.8. The summed E-state index contributed by atoms with van der Waals surface area (Å²) < 4.78 is 32.1. The van der Waals surface area contributed by atoms with E-state index in [1.807, 2.05) is 0 Å². The summed E-state index contributed by atoms with van der Waals surface area (Å²) in [5.41, 5.74) is -0.520. The van der Waals surface area contributed by atoms with Crippen molar-refractivity contribution < 1.29 is 18.1 Å². The molecule has 0 spiro atoms. The number of nitrogens with zero attached hydrogens (tertiary/aromatic N) is 2. The number of halogens is 1. The Labute approximate surface area is 127 Å². The zero-order valence-corrected chi connectivity index (χ0v) is 13.1. The molecule has 0 saturated carbocycles. The highest BCUT2D eigenvalue weighted by atomic mass is 35.5. The van der Waals surface area contributed by atoms with Gasteiger partial charge in [-0.05, 0) is 19.9 Å². The summed E-state index contributed by atoms with van der Waals surface area (Å²) in [5.74, 6) is 0. The first kappa shape index (κ1) is 16.2. The van der Waals surface area contributed by atoms with Crippen LogP contribution in [0.25, 0.3) is 0 Å². The van der Waals surface area contributed by atoms with E-state index in [9.17, 15) is 18.5 Å². The lowest BCUT2D eigenvalue weighted by Crippen LogP contribution is -2.50. The number of rotatable bonds is 3. The molecule has 1 heterocycles. The zero-order valence-electron chi connectivity index (χ0n) is 11.5. The van der Waals surface area contributed by atoms with E-state index >= 15 is 0 Å². The van der Waals surface area contributed by atoms with Crippen LogP contribution in [-0.2, 0) is 14.8 Å². The minimum absolute atomic E-state index is 0.131. The normalized spacial score (nSPS) is 24.0. The molecule has 2 rings (SSSR count). The van der Waals surface area contributed by atoms with Gasteiger partial charge in [0.15, 0.2) is 4.90 Å². The maximum Gasteiger partial charge on any atom is 0.290 e. The van der Waals surface area contributed by atoms with E-state index < -0.39 is 31.6 Å². The molecule has 0 N–H and O–H groups in total. The Morgan fingerprint density at radius 1 is 1.43 bits per heavy atom. The van der Waals surface area contributed by atoms with Gasteiger partial charge in [0, 0.05) is 18.7 Å². The number of benzene rings is 1. The van der Waals surface area contributed by atoms with E-state index in [1.54, 1.807) is 13.8 Å². The van der Waals surface area contributed by atoms with E-state index in [0.29, 0.717) is 0 Å². The number of ether oxygens (including phenoxy) is 1. The van der Waals surface area contributed by atoms with Crippen molar-refractivity contribution in [2.45, 2.75) is 30.9 Å². The lowest BCUT2D eigenvalue weighted by atomic mass is 10.2. The minimum Gasteiger partial charge on any atom is -0.375 e. The topological polar surface area (TPSA) is 89.8 Å². The van der Waals surface area contributed by atoms with Gasteiger partial charge in [-0.3, -0.25) is 10.1 Å². The third-order valence-corrected chi connectivity index (χ3v) is 5.76. The summed E-state index contributed by atoms with van der Waals surface area (Å²) >= 11 is 5.92. The number of morpholine rings is 1. The molecule has 1 fully saturated rings. The van der Waals surface area contributed by atoms with Crippen molar-refractivity contribution in [1.82, 2.24) is 4.31 Å². The summed E-state index contributed by atoms with van der Waals surface area (Å²) in [6.45, 7) is 3.80. The molecule has 2 unspecified atom stereocenters. The van der Waals surface area contributed by atoms with Gasteiger partial charge < -0.3 is 4.74 Å². The number of hydrogen-bond acceptors (Lipinski definition) is 5. The third-order valence-electron chi connectivity index (χ3n) is 3.26. The highest BCUT2D eigenvalue weighted by Crippen LogP contribution is 2.34. The predicted octanol–water partition coefficient (Wildman–Crippen LogP) is 2.05. The fourth-order valence-electron chi connectivity index (χ4n) is 2.22. The number of nitro benzene ring substituents is 1. The van der Waals surface area contributed by atoms with Crippen molar-refractivity contribution in [1.29, 1.82) is 0 Å². The third kappa shape index (κ3) is 3.03. The second-order valence-electron chi connectivity index (χ2n) is 4.91. The Morgan fingerprint density at radius 3 is 2.71 bits per heavy atom. The molecule has 116 valence electrons. The van der Waals surface area contributed by atoms with E-state index in [2.05, 4.69) is 0 Å². The lowest BCUT2D eigenvalue weighted by Gasteiger charge is -2.35. The van der Waals surface area contributed by atoms with Crippen LogP contribution in [0, 0.1) is 10.1 Å². The van der Waals surface area contributed by atoms with Gasteiger partial charge in [0.25, 0.3) is 15.7 Å². The van der Waals surface area contributed by atoms with Crippen LogP contribution in [0.3, 0.4) is 0 Å². The Morgan fingerprint density at radius 2 is 2.10 bits per heavy atom. The van der Waals surface area contributed by atoms with E-state index in [-0.39, 0.29) is 24.3 Å². The van der Waals surface area contributed by atoms with Gasteiger partial charge in [0.2, 0.25) is 0 Å². The van der Waals surface area contributed by atoms with Gasteiger partial charge >= 0.3 is 0 Å². The summed E-state index contributed by atoms with van der Waals surface area (Å²) in [7, 11) is -4.07. The second kappa shape index (κ2) is 5.88. The van der Waals surface area contributed by atoms with Crippen LogP contribution >= 0.6 is 11.6 Å². The molecule has 1 aliphatic heterocycles. The summed E-state index contributed by atoms with van der Waals surface area (Å²) in [6.07, 6.45) is -0.280. The van der Waals surface area contributed by atoms with Gasteiger partial charge in [0.05, 0.1) is 22.7 Å². The Balaban J connectivity index is 2.56. The van der Waals surface area contributed by atoms with Crippen molar-refractivity contribution in [2.75, 3.05) is 13.2 Å². The number of sulfonamides is 1. The van der Waals surface area contributed by atoms with Crippen molar-refractivity contribution in [3.63, 3.8) is 0 Å². The van der Waals surface area contributed by atoms with Gasteiger partial charge in [0.1, 0.15) is 0 Å². The van der Waals surface area contributed by atoms with Gasteiger partial charge in [-0.2, -0.15) is 4.31 Å². The zero-order chi connectivity index (χ0) is 15.8. The highest BCUT2D eigenvalue weighted by Gasteiger charge is 2.39. The molecule has 1 aliphatic rings. The molecule has 0 aromatic heterocycles. The monoisotopic (exact) mass is 334 g/mol. The van der Waals surface area contributed by atoms with E-state index in [0.717, 1.165) is 6.07 Å². The summed E-state index contributed by atoms with van der Waals surface area (Å²) in [6, 6.07) is 3.40. The van der Waals surface area contributed by atoms with Crippen LogP contribution in [0.2, 0.25) is 5.02 Å². The molecule has 9 heteroatoms. The first-order valence-electron chi connectivity index (χ1n) is 6.31. The van der Waals surface area contributed by atoms with Crippen LogP contribution in [-0.4, -0.2) is 42.9 Å². The average molecular weight is 335 g/mol. The Bertz CT molecular complexity index is 664. The fourth-order valence-corrected chi connectivity index (χ4v) is 4.58. The molecule has 0 radical (unpaired) electrons. The van der Waals surface area contributed by atoms with Crippen molar-refractivity contribution in [3.05, 3.63) is 33.3 Å². The Kier molecular flexibility index (Phi) is 4.52. The van der Waals surface area contributed by atoms with Crippen molar-refractivity contribution in [2.24, 2.45) is 0 Å². The first-order valence-corrected chi connectivity index (χ1v) is 8.13. The predicted molar refractivity (Wildman–Crippen MR) is 76.9 cm³/mol. The molecule has 0 aliphatic carbocycles. The molecule has 2 atom stereocenters. The van der Waals surface area contributed by atoms with Crippen molar-refractivity contribution >= 4 is 27.3 Å². The van der Waals surface area contributed by atoms with E-state index in [1.165, 1.54) is 16.4 Å². The van der Waals surface area contributed by atoms with Crippen molar-refractivity contribution in [3.8, 4) is 0 Å². The van der Waals surface area contributed by atoms with Gasteiger partial charge in [-0.25, -0.2) is 8.42 Å². The standard InChI is InChI=1S/C12H15ClN2O5S/c1-8-7-20-9(2)6-14(8)21(18,19)12-10(13)4-3-5-11(12)15(16)17/h3-5,8-9H,6-7H2,1-2H3. The SMILES string of the molecule is CC1CN(S(=O)(=O)c2c(Cl)cccc2[N+](=O)[O-])C(C)CO1. The summed E-state index contributed by atoms with van der Waals surface area (Å²) in [5, 5.41) is 10.9. The fraction of sp³-hybridized carbons (Fsp3) is 0.500. The highest BCUT2D eigenvalue weighted by molar-refractivity contribution is 7.89. The lowest BCUT2D eigenvalue weighted by molar-refractivity contribution is -0.387. The quantitative estimate of drug-likeness (QED) is 0.623. The molecule has 1 saturated heterocycles. The molecule has 0 bridgehead atoms. The molecular formula is C12H15ClN2O5S. The molecule has 7 nitrogen and oxygen atoms in total. The molecule has 0 amide bonds. The van der Waals surface area contributed by atoms with Crippen LogP contribution < -0.4 is 0 Å².